The van der Waals surface area contributed by atoms with E-state index in [0.717, 1.165) is 29.0 Å². The molecule has 0 saturated carbocycles. The maximum Gasteiger partial charge on any atom is 0.232 e. The van der Waals surface area contributed by atoms with Crippen molar-refractivity contribution in [3.63, 3.8) is 0 Å². The zero-order valence-corrected chi connectivity index (χ0v) is 13.3. The first kappa shape index (κ1) is 13.6. The van der Waals surface area contributed by atoms with Crippen molar-refractivity contribution in [3.05, 3.63) is 51.4 Å². The number of allylic oxidation sites excluding steroid dienone is 1. The molecular formula is C18H16O3S. The molecule has 0 bridgehead atoms. The van der Waals surface area contributed by atoms with Crippen LogP contribution in [-0.2, 0) is 6.42 Å². The summed E-state index contributed by atoms with van der Waals surface area (Å²) in [6.45, 7) is 4.16. The Labute approximate surface area is 133 Å². The molecular weight excluding hydrogens is 296 g/mol. The lowest BCUT2D eigenvalue weighted by atomic mass is 9.92. The Morgan fingerprint density at radius 2 is 2.14 bits per heavy atom. The van der Waals surface area contributed by atoms with Crippen LogP contribution in [0.25, 0.3) is 6.08 Å². The average Bonchev–Trinajstić information content (AvgIpc) is 3.07. The molecule has 0 atom stereocenters. The van der Waals surface area contributed by atoms with Crippen LogP contribution in [-0.4, -0.2) is 11.4 Å². The predicted molar refractivity (Wildman–Crippen MR) is 86.7 cm³/mol. The van der Waals surface area contributed by atoms with Crippen molar-refractivity contribution < 1.29 is 14.3 Å². The molecule has 4 rings (SSSR count). The van der Waals surface area contributed by atoms with E-state index in [1.54, 1.807) is 11.3 Å². The fraction of sp³-hybridized carbons (Fsp3) is 0.278. The van der Waals surface area contributed by atoms with Crippen LogP contribution in [0.2, 0.25) is 0 Å². The average molecular weight is 312 g/mol. The molecule has 1 aromatic heterocycles. The van der Waals surface area contributed by atoms with Crippen molar-refractivity contribution in [2.45, 2.75) is 32.3 Å². The summed E-state index contributed by atoms with van der Waals surface area (Å²) in [5.41, 5.74) is 1.49. The minimum atomic E-state index is -0.167. The van der Waals surface area contributed by atoms with E-state index in [2.05, 4.69) is 13.8 Å². The van der Waals surface area contributed by atoms with Crippen LogP contribution < -0.4 is 9.47 Å². The highest BCUT2D eigenvalue weighted by Gasteiger charge is 2.35. The largest absolute Gasteiger partial charge is 0.487 e. The summed E-state index contributed by atoms with van der Waals surface area (Å²) in [6.07, 6.45) is 3.59. The molecule has 2 aliphatic rings. The van der Waals surface area contributed by atoms with Crippen LogP contribution in [0.3, 0.4) is 0 Å². The summed E-state index contributed by atoms with van der Waals surface area (Å²) >= 11 is 1.59. The molecule has 0 spiro atoms. The first-order chi connectivity index (χ1) is 10.5. The van der Waals surface area contributed by atoms with Gasteiger partial charge in [0.1, 0.15) is 17.1 Å². The second-order valence-corrected chi connectivity index (χ2v) is 7.22. The van der Waals surface area contributed by atoms with Gasteiger partial charge in [-0.1, -0.05) is 6.07 Å². The van der Waals surface area contributed by atoms with Gasteiger partial charge in [0.15, 0.2) is 5.76 Å². The van der Waals surface area contributed by atoms with Crippen LogP contribution in [0.1, 0.15) is 41.1 Å². The van der Waals surface area contributed by atoms with Gasteiger partial charge in [0.2, 0.25) is 5.78 Å². The summed E-state index contributed by atoms with van der Waals surface area (Å²) in [7, 11) is 0. The van der Waals surface area contributed by atoms with E-state index in [0.29, 0.717) is 17.1 Å². The van der Waals surface area contributed by atoms with Crippen LogP contribution in [0.15, 0.2) is 35.4 Å². The van der Waals surface area contributed by atoms with Gasteiger partial charge in [-0.05, 0) is 50.3 Å². The van der Waals surface area contributed by atoms with E-state index in [-0.39, 0.29) is 11.4 Å². The maximum absolute atomic E-state index is 12.5. The Bertz CT molecular complexity index is 785. The number of carbonyl (C=O) groups excluding carboxylic acids is 1. The van der Waals surface area contributed by atoms with E-state index >= 15 is 0 Å². The highest BCUT2D eigenvalue weighted by atomic mass is 32.1. The molecule has 3 heterocycles. The van der Waals surface area contributed by atoms with Gasteiger partial charge in [-0.2, -0.15) is 0 Å². The molecule has 0 N–H and O–H groups in total. The number of hydrogen-bond donors (Lipinski definition) is 0. The number of benzene rings is 1. The fourth-order valence-corrected chi connectivity index (χ4v) is 3.55. The number of ketones is 1. The first-order valence-corrected chi connectivity index (χ1v) is 8.24. The molecule has 2 aliphatic heterocycles. The third kappa shape index (κ3) is 2.15. The Kier molecular flexibility index (Phi) is 2.91. The Morgan fingerprint density at radius 1 is 1.27 bits per heavy atom. The number of ether oxygens (including phenoxy) is 2. The Morgan fingerprint density at radius 3 is 2.91 bits per heavy atom. The van der Waals surface area contributed by atoms with Crippen molar-refractivity contribution in [2.24, 2.45) is 0 Å². The van der Waals surface area contributed by atoms with Crippen LogP contribution >= 0.6 is 11.3 Å². The number of rotatable bonds is 1. The third-order valence-corrected chi connectivity index (χ3v) is 4.90. The minimum absolute atomic E-state index is 0.0453. The number of Topliss-reactive ketones (excluding diaryl/α,β-unsaturated/α-hetero) is 1. The molecule has 0 saturated heterocycles. The quantitative estimate of drug-likeness (QED) is 0.729. The standard InChI is InChI=1S/C18H16O3S/c1-18(2)8-7-12-14(21-18)6-5-13-16(19)15(20-17(12)13)10-11-4-3-9-22-11/h3-6,9-10H,7-8H2,1-2H3/b15-10-. The fourth-order valence-electron chi connectivity index (χ4n) is 2.90. The summed E-state index contributed by atoms with van der Waals surface area (Å²) in [4.78, 5) is 13.5. The van der Waals surface area contributed by atoms with Gasteiger partial charge in [0.25, 0.3) is 0 Å². The van der Waals surface area contributed by atoms with E-state index in [9.17, 15) is 4.79 Å². The molecule has 0 aliphatic carbocycles. The van der Waals surface area contributed by atoms with Crippen LogP contribution in [0.5, 0.6) is 11.5 Å². The number of hydrogen-bond acceptors (Lipinski definition) is 4. The van der Waals surface area contributed by atoms with Gasteiger partial charge >= 0.3 is 0 Å². The molecule has 22 heavy (non-hydrogen) atoms. The van der Waals surface area contributed by atoms with Crippen molar-refractivity contribution >= 4 is 23.2 Å². The van der Waals surface area contributed by atoms with Crippen molar-refractivity contribution in [1.82, 2.24) is 0 Å². The topological polar surface area (TPSA) is 35.5 Å². The van der Waals surface area contributed by atoms with E-state index < -0.39 is 0 Å². The molecule has 0 unspecified atom stereocenters. The molecule has 0 fully saturated rings. The van der Waals surface area contributed by atoms with Gasteiger partial charge in [-0.15, -0.1) is 11.3 Å². The van der Waals surface area contributed by atoms with Crippen molar-refractivity contribution in [1.29, 1.82) is 0 Å². The molecule has 1 aromatic carbocycles. The predicted octanol–water partition coefficient (Wildman–Crippen LogP) is 4.47. The lowest BCUT2D eigenvalue weighted by Crippen LogP contribution is -2.32. The van der Waals surface area contributed by atoms with E-state index in [1.807, 2.05) is 35.7 Å². The van der Waals surface area contributed by atoms with E-state index in [4.69, 9.17) is 9.47 Å². The van der Waals surface area contributed by atoms with Gasteiger partial charge in [-0.3, -0.25) is 4.79 Å². The van der Waals surface area contributed by atoms with Crippen LogP contribution in [0.4, 0.5) is 0 Å². The number of thiophene rings is 1. The second-order valence-electron chi connectivity index (χ2n) is 6.24. The number of carbonyl (C=O) groups is 1. The van der Waals surface area contributed by atoms with Gasteiger partial charge < -0.3 is 9.47 Å². The van der Waals surface area contributed by atoms with E-state index in [1.165, 1.54) is 0 Å². The molecule has 2 aromatic rings. The Hall–Kier alpha value is -2.07. The minimum Gasteiger partial charge on any atom is -0.487 e. The molecule has 4 heteroatoms. The SMILES string of the molecule is CC1(C)CCc2c(ccc3c2O/C(=C\c2cccs2)C3=O)O1. The summed E-state index contributed by atoms with van der Waals surface area (Å²) in [6, 6.07) is 7.64. The molecule has 0 radical (unpaired) electrons. The summed E-state index contributed by atoms with van der Waals surface area (Å²) < 4.78 is 11.9. The maximum atomic E-state index is 12.5. The molecule has 3 nitrogen and oxygen atoms in total. The van der Waals surface area contributed by atoms with Gasteiger partial charge in [-0.25, -0.2) is 0 Å². The monoisotopic (exact) mass is 312 g/mol. The first-order valence-electron chi connectivity index (χ1n) is 7.36. The summed E-state index contributed by atoms with van der Waals surface area (Å²) in [5.74, 6) is 1.87. The van der Waals surface area contributed by atoms with Crippen molar-refractivity contribution in [2.75, 3.05) is 0 Å². The normalized spacial score (nSPS) is 20.3. The van der Waals surface area contributed by atoms with Crippen molar-refractivity contribution in [3.8, 4) is 11.5 Å². The summed E-state index contributed by atoms with van der Waals surface area (Å²) in [5, 5.41) is 1.98. The number of fused-ring (bicyclic) bond motifs is 3. The lowest BCUT2D eigenvalue weighted by molar-refractivity contribution is 0.0838. The highest BCUT2D eigenvalue weighted by Crippen LogP contribution is 2.44. The van der Waals surface area contributed by atoms with Crippen LogP contribution in [0, 0.1) is 0 Å². The smallest absolute Gasteiger partial charge is 0.232 e. The zero-order valence-electron chi connectivity index (χ0n) is 12.5. The second kappa shape index (κ2) is 4.71. The third-order valence-electron chi connectivity index (χ3n) is 4.08. The zero-order chi connectivity index (χ0) is 15.3. The molecule has 112 valence electrons. The molecule has 0 amide bonds. The highest BCUT2D eigenvalue weighted by molar-refractivity contribution is 7.10. The lowest BCUT2D eigenvalue weighted by Gasteiger charge is -2.33. The Balaban J connectivity index is 1.75. The van der Waals surface area contributed by atoms with Gasteiger partial charge in [0.05, 0.1) is 5.56 Å². The van der Waals surface area contributed by atoms with Gasteiger partial charge in [0, 0.05) is 16.5 Å².